The van der Waals surface area contributed by atoms with Crippen molar-refractivity contribution in [1.29, 1.82) is 0 Å². The van der Waals surface area contributed by atoms with Crippen LogP contribution < -0.4 is 5.32 Å². The van der Waals surface area contributed by atoms with Crippen molar-refractivity contribution >= 4 is 11.8 Å². The molecule has 0 bridgehead atoms. The van der Waals surface area contributed by atoms with Gasteiger partial charge in [0.2, 0.25) is 0 Å². The Morgan fingerprint density at radius 1 is 1.47 bits per heavy atom. The molecule has 0 aromatic carbocycles. The predicted octanol–water partition coefficient (Wildman–Crippen LogP) is 1.31. The van der Waals surface area contributed by atoms with Crippen molar-refractivity contribution in [3.05, 3.63) is 0 Å². The molecule has 0 radical (unpaired) electrons. The van der Waals surface area contributed by atoms with Gasteiger partial charge in [0, 0.05) is 37.6 Å². The molecule has 3 nitrogen and oxygen atoms in total. The van der Waals surface area contributed by atoms with Gasteiger partial charge < -0.3 is 5.32 Å². The van der Waals surface area contributed by atoms with Gasteiger partial charge in [-0.25, -0.2) is 0 Å². The van der Waals surface area contributed by atoms with E-state index in [0.717, 1.165) is 18.0 Å². The summed E-state index contributed by atoms with van der Waals surface area (Å²) in [6.45, 7) is 7.40. The standard InChI is InChI=1S/C13H27N3S/c1-11(15(2)13-7-14-8-13)6-12-4-5-16(9-12)10-17-3/h11-14H,4-10H2,1-3H3. The molecule has 17 heavy (non-hydrogen) atoms. The van der Waals surface area contributed by atoms with Crippen molar-refractivity contribution in [2.75, 3.05) is 45.4 Å². The summed E-state index contributed by atoms with van der Waals surface area (Å²) in [5.74, 6) is 2.14. The van der Waals surface area contributed by atoms with Crippen LogP contribution in [0.4, 0.5) is 0 Å². The van der Waals surface area contributed by atoms with Gasteiger partial charge in [-0.2, -0.15) is 0 Å². The fourth-order valence-corrected chi connectivity index (χ4v) is 3.57. The summed E-state index contributed by atoms with van der Waals surface area (Å²) in [7, 11) is 2.30. The zero-order valence-corrected chi connectivity index (χ0v) is 12.3. The maximum absolute atomic E-state index is 3.36. The van der Waals surface area contributed by atoms with E-state index in [1.807, 2.05) is 11.8 Å². The molecular formula is C13H27N3S. The number of likely N-dealkylation sites (tertiary alicyclic amines) is 1. The van der Waals surface area contributed by atoms with Crippen LogP contribution in [0.3, 0.4) is 0 Å². The monoisotopic (exact) mass is 257 g/mol. The summed E-state index contributed by atoms with van der Waals surface area (Å²) >= 11 is 1.95. The lowest BCUT2D eigenvalue weighted by molar-refractivity contribution is 0.120. The number of nitrogens with one attached hydrogen (secondary N) is 1. The molecule has 2 fully saturated rings. The van der Waals surface area contributed by atoms with Crippen molar-refractivity contribution in [3.63, 3.8) is 0 Å². The summed E-state index contributed by atoms with van der Waals surface area (Å²) in [6, 6.07) is 1.52. The summed E-state index contributed by atoms with van der Waals surface area (Å²) in [5, 5.41) is 3.36. The Bertz CT molecular complexity index is 233. The van der Waals surface area contributed by atoms with Crippen molar-refractivity contribution in [2.24, 2.45) is 5.92 Å². The van der Waals surface area contributed by atoms with Gasteiger partial charge in [0.05, 0.1) is 0 Å². The Balaban J connectivity index is 1.69. The van der Waals surface area contributed by atoms with Gasteiger partial charge in [0.1, 0.15) is 0 Å². The van der Waals surface area contributed by atoms with Crippen LogP contribution in [-0.4, -0.2) is 67.2 Å². The highest BCUT2D eigenvalue weighted by atomic mass is 32.2. The zero-order chi connectivity index (χ0) is 12.3. The van der Waals surface area contributed by atoms with Crippen LogP contribution in [0.25, 0.3) is 0 Å². The third-order valence-corrected chi connectivity index (χ3v) is 5.01. The second kappa shape index (κ2) is 6.41. The first-order valence-corrected chi connectivity index (χ1v) is 8.24. The molecular weight excluding hydrogens is 230 g/mol. The van der Waals surface area contributed by atoms with Crippen LogP contribution in [0, 0.1) is 5.92 Å². The molecule has 4 heteroatoms. The third-order valence-electron chi connectivity index (χ3n) is 4.39. The highest BCUT2D eigenvalue weighted by molar-refractivity contribution is 7.98. The number of nitrogens with zero attached hydrogens (tertiary/aromatic N) is 2. The lowest BCUT2D eigenvalue weighted by atomic mass is 9.97. The van der Waals surface area contributed by atoms with Gasteiger partial charge in [0.25, 0.3) is 0 Å². The third kappa shape index (κ3) is 3.60. The maximum atomic E-state index is 3.36. The molecule has 2 atom stereocenters. The molecule has 2 rings (SSSR count). The van der Waals surface area contributed by atoms with E-state index < -0.39 is 0 Å². The van der Waals surface area contributed by atoms with E-state index in [-0.39, 0.29) is 0 Å². The molecule has 2 heterocycles. The fraction of sp³-hybridized carbons (Fsp3) is 1.00. The van der Waals surface area contributed by atoms with E-state index >= 15 is 0 Å². The Kier molecular flexibility index (Phi) is 5.15. The summed E-state index contributed by atoms with van der Waals surface area (Å²) in [4.78, 5) is 5.18. The SMILES string of the molecule is CSCN1CCC(CC(C)N(C)C2CNC2)C1. The number of hydrogen-bond acceptors (Lipinski definition) is 4. The minimum atomic E-state index is 0.737. The van der Waals surface area contributed by atoms with E-state index in [2.05, 4.69) is 35.3 Å². The van der Waals surface area contributed by atoms with Crippen LogP contribution in [0.1, 0.15) is 19.8 Å². The van der Waals surface area contributed by atoms with Crippen LogP contribution in [0.2, 0.25) is 0 Å². The second-order valence-electron chi connectivity index (χ2n) is 5.71. The molecule has 1 N–H and O–H groups in total. The zero-order valence-electron chi connectivity index (χ0n) is 11.5. The lowest BCUT2D eigenvalue weighted by Gasteiger charge is -2.40. The molecule has 0 aromatic rings. The molecule has 0 spiro atoms. The van der Waals surface area contributed by atoms with Gasteiger partial charge in [-0.3, -0.25) is 9.80 Å². The van der Waals surface area contributed by atoms with E-state index in [9.17, 15) is 0 Å². The van der Waals surface area contributed by atoms with Crippen molar-refractivity contribution in [3.8, 4) is 0 Å². The molecule has 0 aromatic heterocycles. The number of likely N-dealkylation sites (N-methyl/N-ethyl adjacent to an activating group) is 1. The molecule has 2 unspecified atom stereocenters. The average molecular weight is 257 g/mol. The van der Waals surface area contributed by atoms with E-state index in [4.69, 9.17) is 0 Å². The Labute approximate surface area is 110 Å². The second-order valence-corrected chi connectivity index (χ2v) is 6.55. The van der Waals surface area contributed by atoms with Gasteiger partial charge in [-0.1, -0.05) is 0 Å². The number of thioether (sulfide) groups is 1. The van der Waals surface area contributed by atoms with Gasteiger partial charge >= 0.3 is 0 Å². The molecule has 0 amide bonds. The Morgan fingerprint density at radius 2 is 2.24 bits per heavy atom. The summed E-state index contributed by atoms with van der Waals surface area (Å²) in [5.41, 5.74) is 0. The molecule has 100 valence electrons. The highest BCUT2D eigenvalue weighted by Crippen LogP contribution is 2.24. The quantitative estimate of drug-likeness (QED) is 0.773. The van der Waals surface area contributed by atoms with Gasteiger partial charge in [-0.15, -0.1) is 11.8 Å². The number of rotatable bonds is 6. The average Bonchev–Trinajstić information content (AvgIpc) is 2.63. The smallest absolute Gasteiger partial charge is 0.0441 e. The van der Waals surface area contributed by atoms with E-state index in [0.29, 0.717) is 0 Å². The largest absolute Gasteiger partial charge is 0.314 e. The molecule has 2 saturated heterocycles. The molecule has 2 aliphatic heterocycles. The minimum absolute atomic E-state index is 0.737. The van der Waals surface area contributed by atoms with E-state index in [1.165, 1.54) is 44.9 Å². The first-order chi connectivity index (χ1) is 8.20. The Hall–Kier alpha value is 0.230. The van der Waals surface area contributed by atoms with Crippen LogP contribution >= 0.6 is 11.8 Å². The van der Waals surface area contributed by atoms with Crippen molar-refractivity contribution < 1.29 is 0 Å². The topological polar surface area (TPSA) is 18.5 Å². The van der Waals surface area contributed by atoms with Crippen LogP contribution in [-0.2, 0) is 0 Å². The van der Waals surface area contributed by atoms with E-state index in [1.54, 1.807) is 0 Å². The van der Waals surface area contributed by atoms with Crippen LogP contribution in [0.5, 0.6) is 0 Å². The minimum Gasteiger partial charge on any atom is -0.314 e. The summed E-state index contributed by atoms with van der Waals surface area (Å²) < 4.78 is 0. The van der Waals surface area contributed by atoms with Crippen molar-refractivity contribution in [2.45, 2.75) is 31.8 Å². The van der Waals surface area contributed by atoms with Crippen molar-refractivity contribution in [1.82, 2.24) is 15.1 Å². The normalized spacial score (nSPS) is 28.6. The first-order valence-electron chi connectivity index (χ1n) is 6.84. The Morgan fingerprint density at radius 3 is 2.82 bits per heavy atom. The van der Waals surface area contributed by atoms with Gasteiger partial charge in [0.15, 0.2) is 0 Å². The number of hydrogen-bond donors (Lipinski definition) is 1. The molecule has 2 aliphatic rings. The predicted molar refractivity (Wildman–Crippen MR) is 76.6 cm³/mol. The van der Waals surface area contributed by atoms with Gasteiger partial charge in [-0.05, 0) is 45.5 Å². The molecule has 0 aliphatic carbocycles. The fourth-order valence-electron chi connectivity index (χ4n) is 2.98. The maximum Gasteiger partial charge on any atom is 0.0441 e. The molecule has 0 saturated carbocycles. The summed E-state index contributed by atoms with van der Waals surface area (Å²) in [6.07, 6.45) is 4.98. The highest BCUT2D eigenvalue weighted by Gasteiger charge is 2.29. The first kappa shape index (κ1) is 13.7. The van der Waals surface area contributed by atoms with Crippen LogP contribution in [0.15, 0.2) is 0 Å². The lowest BCUT2D eigenvalue weighted by Crippen LogP contribution is -2.58.